The van der Waals surface area contributed by atoms with Gasteiger partial charge in [0.05, 0.1) is 5.75 Å². The summed E-state index contributed by atoms with van der Waals surface area (Å²) in [5.41, 5.74) is -2.12. The van der Waals surface area contributed by atoms with Crippen molar-refractivity contribution in [1.82, 2.24) is 5.06 Å². The van der Waals surface area contributed by atoms with Crippen LogP contribution in [0.4, 0.5) is 17.6 Å². The van der Waals surface area contributed by atoms with E-state index in [2.05, 4.69) is 0 Å². The predicted octanol–water partition coefficient (Wildman–Crippen LogP) is 4.19. The first-order chi connectivity index (χ1) is 19.0. The van der Waals surface area contributed by atoms with Gasteiger partial charge in [0.25, 0.3) is 11.8 Å². The summed E-state index contributed by atoms with van der Waals surface area (Å²) in [6.45, 7) is 0. The summed E-state index contributed by atoms with van der Waals surface area (Å²) in [5, 5.41) is 19.9. The highest BCUT2D eigenvalue weighted by molar-refractivity contribution is 8.00. The van der Waals surface area contributed by atoms with Crippen molar-refractivity contribution in [3.8, 4) is 11.5 Å². The number of rotatable bonds is 6. The van der Waals surface area contributed by atoms with Crippen LogP contribution in [-0.2, 0) is 19.2 Å². The lowest BCUT2D eigenvalue weighted by molar-refractivity contribution is -0.195. The number of nitrogens with zero attached hydrogens (tertiary/aromatic N) is 1. The fourth-order valence-corrected chi connectivity index (χ4v) is 5.09. The van der Waals surface area contributed by atoms with Gasteiger partial charge in [-0.05, 0) is 30.4 Å². The average Bonchev–Trinajstić information content (AvgIpc) is 3.21. The number of thioether (sulfide) groups is 1. The Morgan fingerprint density at radius 3 is 2.42 bits per heavy atom. The standard InChI is InChI=1S/C26H15F4NO8S/c27-10-1-2-16-11(5-10)22(12-6-14(28)15(32)8-17(12)38-16)13-7-18(24(29)25(30)23(13)26(36)37)40-9-21(35)39-31-19(33)3-4-20(31)34/h1-2,5-8,16,32H,3-4,9H2,(H,36,37). The van der Waals surface area contributed by atoms with Gasteiger partial charge in [0.2, 0.25) is 0 Å². The molecule has 0 bridgehead atoms. The van der Waals surface area contributed by atoms with Crippen LogP contribution in [0.3, 0.4) is 0 Å². The molecule has 1 atom stereocenters. The third-order valence-electron chi connectivity index (χ3n) is 6.09. The van der Waals surface area contributed by atoms with Gasteiger partial charge in [0.1, 0.15) is 23.2 Å². The minimum absolute atomic E-state index is 0.0486. The van der Waals surface area contributed by atoms with E-state index in [0.717, 1.165) is 30.4 Å². The van der Waals surface area contributed by atoms with Crippen molar-refractivity contribution in [3.05, 3.63) is 82.0 Å². The van der Waals surface area contributed by atoms with Crippen LogP contribution in [0.15, 0.2) is 52.7 Å². The molecule has 1 unspecified atom stereocenters. The summed E-state index contributed by atoms with van der Waals surface area (Å²) in [5.74, 6) is -11.7. The van der Waals surface area contributed by atoms with Crippen molar-refractivity contribution >= 4 is 41.1 Å². The molecule has 0 aromatic heterocycles. The monoisotopic (exact) mass is 577 g/mol. The second-order valence-corrected chi connectivity index (χ2v) is 9.64. The van der Waals surface area contributed by atoms with E-state index in [-0.39, 0.29) is 40.4 Å². The number of hydroxylamine groups is 2. The Labute approximate surface area is 225 Å². The van der Waals surface area contributed by atoms with Gasteiger partial charge >= 0.3 is 11.9 Å². The van der Waals surface area contributed by atoms with Crippen LogP contribution in [0.5, 0.6) is 11.5 Å². The number of hydrogen-bond acceptors (Lipinski definition) is 8. The molecule has 9 nitrogen and oxygen atoms in total. The zero-order chi connectivity index (χ0) is 28.9. The van der Waals surface area contributed by atoms with E-state index in [1.54, 1.807) is 0 Å². The molecule has 2 N–H and O–H groups in total. The number of benzene rings is 2. The Hall–Kier alpha value is -4.59. The summed E-state index contributed by atoms with van der Waals surface area (Å²) >= 11 is 0.367. The Bertz CT molecular complexity index is 1600. The molecule has 1 fully saturated rings. The molecule has 1 aliphatic carbocycles. The van der Waals surface area contributed by atoms with Crippen LogP contribution in [0.2, 0.25) is 0 Å². The lowest BCUT2D eigenvalue weighted by Gasteiger charge is -2.31. The van der Waals surface area contributed by atoms with Crippen LogP contribution in [0.25, 0.3) is 5.57 Å². The molecular formula is C26H15F4NO8S. The Kier molecular flexibility index (Phi) is 6.87. The van der Waals surface area contributed by atoms with Crippen LogP contribution < -0.4 is 4.74 Å². The highest BCUT2D eigenvalue weighted by atomic mass is 32.2. The largest absolute Gasteiger partial charge is 0.505 e. The summed E-state index contributed by atoms with van der Waals surface area (Å²) < 4.78 is 64.7. The summed E-state index contributed by atoms with van der Waals surface area (Å²) in [6.07, 6.45) is 1.86. The van der Waals surface area contributed by atoms with E-state index in [4.69, 9.17) is 9.57 Å². The normalized spacial score (nSPS) is 17.9. The van der Waals surface area contributed by atoms with Crippen molar-refractivity contribution in [2.75, 3.05) is 5.75 Å². The maximum Gasteiger partial charge on any atom is 0.343 e. The van der Waals surface area contributed by atoms with Gasteiger partial charge in [-0.15, -0.1) is 16.8 Å². The van der Waals surface area contributed by atoms with Gasteiger partial charge in [-0.2, -0.15) is 0 Å². The lowest BCUT2D eigenvalue weighted by atomic mass is 9.84. The molecule has 3 aliphatic rings. The SMILES string of the molecule is O=C(CSc1cc(C2=C3C=C(F)C=CC3Oc3cc(O)c(F)cc32)c(C(=O)O)c(F)c1F)ON1C(=O)CCC1=O. The highest BCUT2D eigenvalue weighted by Crippen LogP contribution is 2.46. The number of carboxylic acid groups (broad SMARTS) is 1. The number of carbonyl (C=O) groups excluding carboxylic acids is 3. The van der Waals surface area contributed by atoms with Crippen LogP contribution in [0, 0.1) is 17.5 Å². The number of hydrogen-bond donors (Lipinski definition) is 2. The van der Waals surface area contributed by atoms with Crippen molar-refractivity contribution in [3.63, 3.8) is 0 Å². The van der Waals surface area contributed by atoms with E-state index in [9.17, 15) is 38.2 Å². The summed E-state index contributed by atoms with van der Waals surface area (Å²) in [4.78, 5) is 51.8. The second kappa shape index (κ2) is 10.2. The summed E-state index contributed by atoms with van der Waals surface area (Å²) in [6, 6.07) is 2.56. The van der Waals surface area contributed by atoms with Crippen LogP contribution in [-0.4, -0.2) is 50.9 Å². The number of fused-ring (bicyclic) bond motifs is 2. The molecule has 2 aliphatic heterocycles. The number of imide groups is 1. The first-order valence-corrected chi connectivity index (χ1v) is 12.4. The van der Waals surface area contributed by atoms with Crippen LogP contribution in [0.1, 0.15) is 34.3 Å². The number of aromatic carboxylic acids is 1. The number of carbonyl (C=O) groups is 4. The zero-order valence-electron chi connectivity index (χ0n) is 19.9. The average molecular weight is 577 g/mol. The third-order valence-corrected chi connectivity index (χ3v) is 7.08. The molecule has 2 aromatic rings. The summed E-state index contributed by atoms with van der Waals surface area (Å²) in [7, 11) is 0. The molecular weight excluding hydrogens is 562 g/mol. The fourth-order valence-electron chi connectivity index (χ4n) is 4.34. The Morgan fingerprint density at radius 2 is 1.75 bits per heavy atom. The molecule has 2 heterocycles. The molecule has 5 rings (SSSR count). The topological polar surface area (TPSA) is 130 Å². The second-order valence-electron chi connectivity index (χ2n) is 8.62. The van der Waals surface area contributed by atoms with Crippen molar-refractivity contribution < 1.29 is 56.5 Å². The molecule has 206 valence electrons. The quantitative estimate of drug-likeness (QED) is 0.295. The van der Waals surface area contributed by atoms with E-state index in [1.807, 2.05) is 0 Å². The van der Waals surface area contributed by atoms with Crippen molar-refractivity contribution in [2.45, 2.75) is 23.8 Å². The smallest absolute Gasteiger partial charge is 0.343 e. The van der Waals surface area contributed by atoms with Gasteiger partial charge in [0.15, 0.2) is 23.2 Å². The number of amides is 2. The molecule has 2 aromatic carbocycles. The maximum atomic E-state index is 15.2. The lowest BCUT2D eigenvalue weighted by Crippen LogP contribution is -2.32. The molecule has 40 heavy (non-hydrogen) atoms. The third kappa shape index (κ3) is 4.70. The minimum Gasteiger partial charge on any atom is -0.505 e. The highest BCUT2D eigenvalue weighted by Gasteiger charge is 2.36. The number of aromatic hydroxyl groups is 1. The van der Waals surface area contributed by atoms with Gasteiger partial charge in [-0.1, -0.05) is 0 Å². The van der Waals surface area contributed by atoms with Crippen molar-refractivity contribution in [2.24, 2.45) is 0 Å². The number of halogens is 4. The van der Waals surface area contributed by atoms with Gasteiger partial charge in [-0.25, -0.2) is 27.2 Å². The van der Waals surface area contributed by atoms with Gasteiger partial charge in [0, 0.05) is 46.1 Å². The van der Waals surface area contributed by atoms with Crippen molar-refractivity contribution in [1.29, 1.82) is 0 Å². The van der Waals surface area contributed by atoms with E-state index in [0.29, 0.717) is 11.8 Å². The molecule has 0 saturated carbocycles. The van der Waals surface area contributed by atoms with E-state index in [1.165, 1.54) is 6.08 Å². The number of ether oxygens (including phenoxy) is 1. The first-order valence-electron chi connectivity index (χ1n) is 11.4. The number of carboxylic acids is 1. The van der Waals surface area contributed by atoms with E-state index >= 15 is 8.78 Å². The first kappa shape index (κ1) is 27.0. The zero-order valence-corrected chi connectivity index (χ0v) is 20.7. The number of phenolic OH excluding ortho intramolecular Hbond substituents is 1. The number of allylic oxidation sites excluding steroid dienone is 2. The molecule has 2 amide bonds. The Balaban J connectivity index is 1.62. The van der Waals surface area contributed by atoms with E-state index < -0.39 is 80.7 Å². The number of phenols is 1. The van der Waals surface area contributed by atoms with Crippen LogP contribution >= 0.6 is 11.8 Å². The predicted molar refractivity (Wildman–Crippen MR) is 128 cm³/mol. The Morgan fingerprint density at radius 1 is 1.05 bits per heavy atom. The molecule has 14 heteroatoms. The molecule has 0 spiro atoms. The molecule has 0 radical (unpaired) electrons. The van der Waals surface area contributed by atoms with Gasteiger partial charge in [-0.3, -0.25) is 9.59 Å². The van der Waals surface area contributed by atoms with Gasteiger partial charge < -0.3 is 19.8 Å². The maximum absolute atomic E-state index is 15.2. The minimum atomic E-state index is -1.90. The molecule has 1 saturated heterocycles. The fraction of sp³-hybridized carbons (Fsp3) is 0.154.